The molecule has 1 fully saturated rings. The Morgan fingerprint density at radius 3 is 2.71 bits per heavy atom. The number of pyridine rings is 1. The predicted octanol–water partition coefficient (Wildman–Crippen LogP) is 0.685. The summed E-state index contributed by atoms with van der Waals surface area (Å²) >= 11 is 0. The van der Waals surface area contributed by atoms with Crippen LogP contribution in [0.4, 0.5) is 0 Å². The molecule has 2 rings (SSSR count). The van der Waals surface area contributed by atoms with Crippen LogP contribution in [0.25, 0.3) is 0 Å². The van der Waals surface area contributed by atoms with E-state index in [0.717, 1.165) is 6.20 Å². The van der Waals surface area contributed by atoms with Crippen molar-refractivity contribution in [3.63, 3.8) is 0 Å². The molecule has 1 saturated heterocycles. The Balaban J connectivity index is 2.29. The van der Waals surface area contributed by atoms with E-state index in [0.29, 0.717) is 6.42 Å². The molecule has 1 aliphatic heterocycles. The molecule has 1 N–H and O–H groups in total. The van der Waals surface area contributed by atoms with Gasteiger partial charge >= 0.3 is 5.97 Å². The number of nitrogens with zero attached hydrogens (tertiary/aromatic N) is 3. The van der Waals surface area contributed by atoms with Crippen molar-refractivity contribution in [3.05, 3.63) is 24.0 Å². The lowest BCUT2D eigenvalue weighted by Gasteiger charge is -2.33. The summed E-state index contributed by atoms with van der Waals surface area (Å²) in [6.45, 7) is 2.07. The van der Waals surface area contributed by atoms with Gasteiger partial charge in [0.2, 0.25) is 10.0 Å². The number of aromatic nitrogens is 1. The van der Waals surface area contributed by atoms with E-state index in [4.69, 9.17) is 10.4 Å². The quantitative estimate of drug-likeness (QED) is 0.879. The van der Waals surface area contributed by atoms with Gasteiger partial charge in [-0.1, -0.05) is 6.92 Å². The molecule has 0 amide bonds. The molecule has 0 saturated carbocycles. The van der Waals surface area contributed by atoms with E-state index >= 15 is 0 Å². The third-order valence-electron chi connectivity index (χ3n) is 3.46. The lowest BCUT2D eigenvalue weighted by Crippen LogP contribution is -2.45. The van der Waals surface area contributed by atoms with Gasteiger partial charge in [0.1, 0.15) is 16.7 Å². The first-order chi connectivity index (χ1) is 9.84. The maximum Gasteiger partial charge on any atom is 0.307 e. The standard InChI is InChI=1S/C13H15N3O4S/c1-9-4-10(13(17)18)8-16(7-9)21(19,20)12-3-2-11(5-14)15-6-12/h2-3,6,9-10H,4,7-8H2,1H3,(H,17,18). The molecular weight excluding hydrogens is 294 g/mol. The second kappa shape index (κ2) is 5.79. The maximum absolute atomic E-state index is 12.5. The number of rotatable bonds is 3. The summed E-state index contributed by atoms with van der Waals surface area (Å²) in [5, 5.41) is 17.8. The molecule has 0 radical (unpaired) electrons. The third-order valence-corrected chi connectivity index (χ3v) is 5.28. The van der Waals surface area contributed by atoms with Gasteiger partial charge in [0.15, 0.2) is 0 Å². The molecule has 1 aromatic heterocycles. The molecule has 8 heteroatoms. The summed E-state index contributed by atoms with van der Waals surface area (Å²) in [5.41, 5.74) is 0.129. The number of piperidine rings is 1. The maximum atomic E-state index is 12.5. The van der Waals surface area contributed by atoms with E-state index in [1.54, 1.807) is 0 Å². The van der Waals surface area contributed by atoms with Crippen LogP contribution in [0.15, 0.2) is 23.2 Å². The fourth-order valence-corrected chi connectivity index (χ4v) is 3.98. The molecule has 0 bridgehead atoms. The largest absolute Gasteiger partial charge is 0.481 e. The molecule has 7 nitrogen and oxygen atoms in total. The van der Waals surface area contributed by atoms with Gasteiger partial charge in [-0.05, 0) is 24.5 Å². The van der Waals surface area contributed by atoms with E-state index < -0.39 is 21.9 Å². The van der Waals surface area contributed by atoms with Crippen LogP contribution in [0.1, 0.15) is 19.0 Å². The summed E-state index contributed by atoms with van der Waals surface area (Å²) in [7, 11) is -3.79. The average molecular weight is 309 g/mol. The number of nitriles is 1. The number of sulfonamides is 1. The van der Waals surface area contributed by atoms with Gasteiger partial charge in [0.25, 0.3) is 0 Å². The highest BCUT2D eigenvalue weighted by atomic mass is 32.2. The molecule has 2 heterocycles. The summed E-state index contributed by atoms with van der Waals surface area (Å²) < 4.78 is 26.2. The Labute approximate surface area is 122 Å². The molecule has 21 heavy (non-hydrogen) atoms. The molecule has 0 aliphatic carbocycles. The third kappa shape index (κ3) is 3.20. The highest BCUT2D eigenvalue weighted by molar-refractivity contribution is 7.89. The molecule has 1 aromatic rings. The van der Waals surface area contributed by atoms with E-state index in [-0.39, 0.29) is 29.6 Å². The first kappa shape index (κ1) is 15.4. The molecule has 1 aliphatic rings. The van der Waals surface area contributed by atoms with Crippen LogP contribution in [0.5, 0.6) is 0 Å². The minimum Gasteiger partial charge on any atom is -0.481 e. The van der Waals surface area contributed by atoms with E-state index in [9.17, 15) is 13.2 Å². The highest BCUT2D eigenvalue weighted by Gasteiger charge is 2.36. The first-order valence-corrected chi connectivity index (χ1v) is 7.87. The molecule has 0 spiro atoms. The Morgan fingerprint density at radius 2 is 2.19 bits per heavy atom. The molecule has 112 valence electrons. The number of hydrogen-bond donors (Lipinski definition) is 1. The van der Waals surface area contributed by atoms with Crippen molar-refractivity contribution in [1.82, 2.24) is 9.29 Å². The van der Waals surface area contributed by atoms with Gasteiger partial charge in [-0.3, -0.25) is 4.79 Å². The molecular formula is C13H15N3O4S. The zero-order valence-electron chi connectivity index (χ0n) is 11.4. The minimum atomic E-state index is -3.79. The molecule has 0 aromatic carbocycles. The van der Waals surface area contributed by atoms with Crippen molar-refractivity contribution in [3.8, 4) is 6.07 Å². The normalized spacial score (nSPS) is 23.4. The zero-order chi connectivity index (χ0) is 15.6. The van der Waals surface area contributed by atoms with Crippen molar-refractivity contribution >= 4 is 16.0 Å². The molecule has 2 unspecified atom stereocenters. The predicted molar refractivity (Wildman–Crippen MR) is 72.6 cm³/mol. The fourth-order valence-electron chi connectivity index (χ4n) is 2.43. The van der Waals surface area contributed by atoms with Gasteiger partial charge in [-0.25, -0.2) is 13.4 Å². The molecule has 2 atom stereocenters. The average Bonchev–Trinajstić information content (AvgIpc) is 2.46. The zero-order valence-corrected chi connectivity index (χ0v) is 12.2. The van der Waals surface area contributed by atoms with Crippen LogP contribution in [0.2, 0.25) is 0 Å². The lowest BCUT2D eigenvalue weighted by molar-refractivity contribution is -0.143. The fraction of sp³-hybridized carbons (Fsp3) is 0.462. The second-order valence-electron chi connectivity index (χ2n) is 5.19. The van der Waals surface area contributed by atoms with Gasteiger partial charge in [-0.15, -0.1) is 0 Å². The number of carboxylic acids is 1. The van der Waals surface area contributed by atoms with Crippen LogP contribution in [0.3, 0.4) is 0 Å². The Morgan fingerprint density at radius 1 is 1.48 bits per heavy atom. The van der Waals surface area contributed by atoms with Crippen molar-refractivity contribution in [2.45, 2.75) is 18.2 Å². The number of carbonyl (C=O) groups is 1. The van der Waals surface area contributed by atoms with Crippen LogP contribution in [0, 0.1) is 23.2 Å². The van der Waals surface area contributed by atoms with Crippen molar-refractivity contribution in [2.24, 2.45) is 11.8 Å². The highest BCUT2D eigenvalue weighted by Crippen LogP contribution is 2.26. The van der Waals surface area contributed by atoms with Crippen LogP contribution >= 0.6 is 0 Å². The minimum absolute atomic E-state index is 0.0269. The van der Waals surface area contributed by atoms with E-state index in [1.807, 2.05) is 13.0 Å². The first-order valence-electron chi connectivity index (χ1n) is 6.43. The second-order valence-corrected chi connectivity index (χ2v) is 7.13. The summed E-state index contributed by atoms with van der Waals surface area (Å²) in [6.07, 6.45) is 1.59. The smallest absolute Gasteiger partial charge is 0.307 e. The Kier molecular flexibility index (Phi) is 4.25. The lowest BCUT2D eigenvalue weighted by atomic mass is 9.92. The van der Waals surface area contributed by atoms with Crippen molar-refractivity contribution in [2.75, 3.05) is 13.1 Å². The van der Waals surface area contributed by atoms with Crippen molar-refractivity contribution < 1.29 is 18.3 Å². The van der Waals surface area contributed by atoms with Crippen molar-refractivity contribution in [1.29, 1.82) is 5.26 Å². The summed E-state index contributed by atoms with van der Waals surface area (Å²) in [4.78, 5) is 14.8. The SMILES string of the molecule is CC1CC(C(=O)O)CN(S(=O)(=O)c2ccc(C#N)nc2)C1. The number of carboxylic acid groups (broad SMARTS) is 1. The van der Waals surface area contributed by atoms with Crippen LogP contribution in [-0.4, -0.2) is 41.9 Å². The van der Waals surface area contributed by atoms with E-state index in [2.05, 4.69) is 4.98 Å². The van der Waals surface area contributed by atoms with Crippen LogP contribution < -0.4 is 0 Å². The monoisotopic (exact) mass is 309 g/mol. The van der Waals surface area contributed by atoms with Gasteiger partial charge < -0.3 is 5.11 Å². The van der Waals surface area contributed by atoms with Gasteiger partial charge in [0, 0.05) is 19.3 Å². The summed E-state index contributed by atoms with van der Waals surface area (Å²) in [6, 6.07) is 4.46. The van der Waals surface area contributed by atoms with Gasteiger partial charge in [0.05, 0.1) is 5.92 Å². The topological polar surface area (TPSA) is 111 Å². The Hall–Kier alpha value is -1.98. The summed E-state index contributed by atoms with van der Waals surface area (Å²) in [5.74, 6) is -1.71. The van der Waals surface area contributed by atoms with E-state index in [1.165, 1.54) is 16.4 Å². The van der Waals surface area contributed by atoms with Gasteiger partial charge in [-0.2, -0.15) is 9.57 Å². The Bertz CT molecular complexity index is 678. The number of hydrogen-bond acceptors (Lipinski definition) is 5. The van der Waals surface area contributed by atoms with Crippen LogP contribution in [-0.2, 0) is 14.8 Å². The number of aliphatic carboxylic acids is 1.